The highest BCUT2D eigenvalue weighted by Crippen LogP contribution is 2.09. The Hall–Kier alpha value is -0.870. The molecule has 0 amide bonds. The standard InChI is InChI=1S/C12H22N2O2/c1-10(2)9-16-12(15)8-14-6-4-3-5-11(14)7-13/h3,5,10-11H,4,6-9,13H2,1-2H3. The Balaban J connectivity index is 2.34. The molecule has 0 spiro atoms. The summed E-state index contributed by atoms with van der Waals surface area (Å²) < 4.78 is 5.15. The van der Waals surface area contributed by atoms with Crippen LogP contribution in [0.3, 0.4) is 0 Å². The molecule has 0 radical (unpaired) electrons. The number of esters is 1. The molecule has 0 fully saturated rings. The predicted octanol–water partition coefficient (Wildman–Crippen LogP) is 0.775. The van der Waals surface area contributed by atoms with E-state index in [1.54, 1.807) is 0 Å². The molecule has 0 aromatic heterocycles. The van der Waals surface area contributed by atoms with Gasteiger partial charge in [0.15, 0.2) is 0 Å². The lowest BCUT2D eigenvalue weighted by atomic mass is 10.1. The Bertz CT molecular complexity index is 251. The maximum Gasteiger partial charge on any atom is 0.320 e. The molecule has 0 aliphatic carbocycles. The van der Waals surface area contributed by atoms with Crippen molar-refractivity contribution in [2.75, 3.05) is 26.2 Å². The average molecular weight is 226 g/mol. The van der Waals surface area contributed by atoms with Crippen LogP contribution in [0.15, 0.2) is 12.2 Å². The Labute approximate surface area is 97.4 Å². The highest BCUT2D eigenvalue weighted by Gasteiger charge is 2.20. The van der Waals surface area contributed by atoms with Crippen LogP contribution in [0.25, 0.3) is 0 Å². The second kappa shape index (κ2) is 6.66. The summed E-state index contributed by atoms with van der Waals surface area (Å²) >= 11 is 0. The fourth-order valence-electron chi connectivity index (χ4n) is 1.68. The van der Waals surface area contributed by atoms with Gasteiger partial charge in [0.1, 0.15) is 0 Å². The summed E-state index contributed by atoms with van der Waals surface area (Å²) in [6.45, 7) is 6.33. The van der Waals surface area contributed by atoms with Crippen molar-refractivity contribution in [2.24, 2.45) is 11.7 Å². The molecule has 1 unspecified atom stereocenters. The fourth-order valence-corrected chi connectivity index (χ4v) is 1.68. The van der Waals surface area contributed by atoms with Crippen molar-refractivity contribution in [3.8, 4) is 0 Å². The maximum atomic E-state index is 11.5. The maximum absolute atomic E-state index is 11.5. The number of carbonyl (C=O) groups is 1. The molecule has 0 saturated heterocycles. The Kier molecular flexibility index (Phi) is 5.49. The van der Waals surface area contributed by atoms with Gasteiger partial charge in [0.2, 0.25) is 0 Å². The molecule has 1 aliphatic rings. The van der Waals surface area contributed by atoms with Crippen molar-refractivity contribution in [3.63, 3.8) is 0 Å². The number of hydrogen-bond acceptors (Lipinski definition) is 4. The van der Waals surface area contributed by atoms with E-state index in [1.807, 2.05) is 13.8 Å². The Morgan fingerprint density at radius 2 is 2.38 bits per heavy atom. The molecule has 0 saturated carbocycles. The fraction of sp³-hybridized carbons (Fsp3) is 0.750. The van der Waals surface area contributed by atoms with Gasteiger partial charge in [-0.3, -0.25) is 9.69 Å². The monoisotopic (exact) mass is 226 g/mol. The predicted molar refractivity (Wildman–Crippen MR) is 64.0 cm³/mol. The Morgan fingerprint density at radius 3 is 3.00 bits per heavy atom. The molecule has 0 bridgehead atoms. The molecule has 4 heteroatoms. The van der Waals surface area contributed by atoms with E-state index < -0.39 is 0 Å². The number of rotatable bonds is 5. The third-order valence-electron chi connectivity index (χ3n) is 2.56. The summed E-state index contributed by atoms with van der Waals surface area (Å²) in [4.78, 5) is 13.6. The third kappa shape index (κ3) is 4.33. The first kappa shape index (κ1) is 13.2. The normalized spacial score (nSPS) is 21.4. The molecule has 0 aromatic rings. The summed E-state index contributed by atoms with van der Waals surface area (Å²) in [5, 5.41) is 0. The lowest BCUT2D eigenvalue weighted by Crippen LogP contribution is -2.44. The second-order valence-electron chi connectivity index (χ2n) is 4.57. The van der Waals surface area contributed by atoms with Gasteiger partial charge in [-0.15, -0.1) is 0 Å². The highest BCUT2D eigenvalue weighted by molar-refractivity contribution is 5.71. The van der Waals surface area contributed by atoms with E-state index in [0.29, 0.717) is 25.6 Å². The van der Waals surface area contributed by atoms with E-state index >= 15 is 0 Å². The zero-order chi connectivity index (χ0) is 12.0. The van der Waals surface area contributed by atoms with Crippen molar-refractivity contribution in [1.29, 1.82) is 0 Å². The molecule has 4 nitrogen and oxygen atoms in total. The van der Waals surface area contributed by atoms with Crippen LogP contribution in [0.1, 0.15) is 20.3 Å². The molecule has 0 aromatic carbocycles. The summed E-state index contributed by atoms with van der Waals surface area (Å²) in [6, 6.07) is 0.181. The van der Waals surface area contributed by atoms with E-state index in [9.17, 15) is 4.79 Å². The number of hydrogen-bond donors (Lipinski definition) is 1. The van der Waals surface area contributed by atoms with E-state index in [2.05, 4.69) is 17.1 Å². The molecule has 16 heavy (non-hydrogen) atoms. The van der Waals surface area contributed by atoms with Crippen LogP contribution in [0, 0.1) is 5.92 Å². The minimum Gasteiger partial charge on any atom is -0.464 e. The smallest absolute Gasteiger partial charge is 0.320 e. The first-order chi connectivity index (χ1) is 7.63. The van der Waals surface area contributed by atoms with Gasteiger partial charge in [0, 0.05) is 19.1 Å². The summed E-state index contributed by atoms with van der Waals surface area (Å²) in [5.74, 6) is 0.234. The van der Waals surface area contributed by atoms with Gasteiger partial charge >= 0.3 is 5.97 Å². The molecular weight excluding hydrogens is 204 g/mol. The van der Waals surface area contributed by atoms with Gasteiger partial charge in [0.25, 0.3) is 0 Å². The van der Waals surface area contributed by atoms with Gasteiger partial charge < -0.3 is 10.5 Å². The summed E-state index contributed by atoms with van der Waals surface area (Å²) in [6.07, 6.45) is 5.17. The van der Waals surface area contributed by atoms with Crippen molar-refractivity contribution < 1.29 is 9.53 Å². The highest BCUT2D eigenvalue weighted by atomic mass is 16.5. The van der Waals surface area contributed by atoms with Crippen LogP contribution < -0.4 is 5.73 Å². The van der Waals surface area contributed by atoms with E-state index in [-0.39, 0.29) is 12.0 Å². The third-order valence-corrected chi connectivity index (χ3v) is 2.56. The minimum absolute atomic E-state index is 0.151. The summed E-state index contributed by atoms with van der Waals surface area (Å²) in [7, 11) is 0. The van der Waals surface area contributed by atoms with Crippen LogP contribution in [0.5, 0.6) is 0 Å². The lowest BCUT2D eigenvalue weighted by Gasteiger charge is -2.30. The van der Waals surface area contributed by atoms with Gasteiger partial charge in [-0.05, 0) is 12.3 Å². The van der Waals surface area contributed by atoms with Crippen LogP contribution in [-0.4, -0.2) is 43.2 Å². The van der Waals surface area contributed by atoms with E-state index in [1.165, 1.54) is 0 Å². The molecule has 2 N–H and O–H groups in total. The zero-order valence-electron chi connectivity index (χ0n) is 10.2. The topological polar surface area (TPSA) is 55.6 Å². The first-order valence-electron chi connectivity index (χ1n) is 5.90. The van der Waals surface area contributed by atoms with Crippen molar-refractivity contribution in [2.45, 2.75) is 26.3 Å². The minimum atomic E-state index is -0.151. The molecule has 1 atom stereocenters. The molecular formula is C12H22N2O2. The molecule has 1 rings (SSSR count). The van der Waals surface area contributed by atoms with Crippen LogP contribution in [-0.2, 0) is 9.53 Å². The van der Waals surface area contributed by atoms with Crippen LogP contribution in [0.4, 0.5) is 0 Å². The average Bonchev–Trinajstić information content (AvgIpc) is 2.27. The first-order valence-corrected chi connectivity index (χ1v) is 5.90. The van der Waals surface area contributed by atoms with Gasteiger partial charge in [-0.1, -0.05) is 26.0 Å². The van der Waals surface area contributed by atoms with Crippen LogP contribution in [0.2, 0.25) is 0 Å². The second-order valence-corrected chi connectivity index (χ2v) is 4.57. The summed E-state index contributed by atoms with van der Waals surface area (Å²) in [5.41, 5.74) is 5.65. The SMILES string of the molecule is CC(C)COC(=O)CN1CCC=CC1CN. The van der Waals surface area contributed by atoms with Crippen LogP contribution >= 0.6 is 0 Å². The number of ether oxygens (including phenoxy) is 1. The van der Waals surface area contributed by atoms with Crippen molar-refractivity contribution in [3.05, 3.63) is 12.2 Å². The quantitative estimate of drug-likeness (QED) is 0.556. The van der Waals surface area contributed by atoms with Crippen molar-refractivity contribution >= 4 is 5.97 Å². The van der Waals surface area contributed by atoms with E-state index in [4.69, 9.17) is 10.5 Å². The Morgan fingerprint density at radius 1 is 1.62 bits per heavy atom. The largest absolute Gasteiger partial charge is 0.464 e. The van der Waals surface area contributed by atoms with Gasteiger partial charge in [0.05, 0.1) is 13.2 Å². The number of nitrogens with zero attached hydrogens (tertiary/aromatic N) is 1. The van der Waals surface area contributed by atoms with Gasteiger partial charge in [-0.2, -0.15) is 0 Å². The van der Waals surface area contributed by atoms with E-state index in [0.717, 1.165) is 13.0 Å². The van der Waals surface area contributed by atoms with Gasteiger partial charge in [-0.25, -0.2) is 0 Å². The van der Waals surface area contributed by atoms with Crippen molar-refractivity contribution in [1.82, 2.24) is 4.90 Å². The number of nitrogens with two attached hydrogens (primary N) is 1. The molecule has 1 aliphatic heterocycles. The zero-order valence-corrected chi connectivity index (χ0v) is 10.2. The molecule has 92 valence electrons. The lowest BCUT2D eigenvalue weighted by molar-refractivity contribution is -0.146. The number of carbonyl (C=O) groups excluding carboxylic acids is 1. The molecule has 1 heterocycles.